The fourth-order valence-corrected chi connectivity index (χ4v) is 2.02. The van der Waals surface area contributed by atoms with E-state index in [0.717, 1.165) is 0 Å². The van der Waals surface area contributed by atoms with E-state index in [1.54, 1.807) is 39.0 Å². The highest BCUT2D eigenvalue weighted by molar-refractivity contribution is 7.85. The Bertz CT molecular complexity index is 444. The van der Waals surface area contributed by atoms with Gasteiger partial charge in [-0.15, -0.1) is 0 Å². The minimum absolute atomic E-state index is 0. The molecule has 8 heteroatoms. The van der Waals surface area contributed by atoms with Crippen molar-refractivity contribution in [2.45, 2.75) is 45.4 Å². The van der Waals surface area contributed by atoms with Crippen LogP contribution in [0.5, 0.6) is 0 Å². The van der Waals surface area contributed by atoms with Crippen LogP contribution in [0.3, 0.4) is 0 Å². The molecule has 1 rings (SSSR count). The molecule has 0 aliphatic carbocycles. The average molecular weight is 355 g/mol. The molecule has 7 nitrogen and oxygen atoms in total. The van der Waals surface area contributed by atoms with Crippen LogP contribution in [0.2, 0.25) is 0 Å². The predicted molar refractivity (Wildman–Crippen MR) is 92.8 cm³/mol. The van der Waals surface area contributed by atoms with Crippen molar-refractivity contribution < 1.29 is 28.3 Å². The second kappa shape index (κ2) is 19.0. The number of aliphatic hydroxyl groups is 3. The maximum absolute atomic E-state index is 10.8. The molecular weight excluding hydrogens is 322 g/mol. The summed E-state index contributed by atoms with van der Waals surface area (Å²) in [4.78, 5) is -0.106. The van der Waals surface area contributed by atoms with Crippen molar-refractivity contribution in [2.75, 3.05) is 19.8 Å². The molecule has 0 amide bonds. The van der Waals surface area contributed by atoms with Crippen LogP contribution in [0.1, 0.15) is 46.1 Å². The van der Waals surface area contributed by atoms with E-state index in [0.29, 0.717) is 5.56 Å². The van der Waals surface area contributed by atoms with Gasteiger partial charge in [0, 0.05) is 19.8 Å². The maximum Gasteiger partial charge on any atom is 0.124 e. The molecule has 0 radical (unpaired) electrons. The molecule has 1 aromatic carbocycles. The molecule has 0 aliphatic rings. The van der Waals surface area contributed by atoms with E-state index >= 15 is 0 Å². The Labute approximate surface area is 140 Å². The summed E-state index contributed by atoms with van der Waals surface area (Å²) in [6.45, 7) is 9.49. The molecule has 0 aliphatic heterocycles. The van der Waals surface area contributed by atoms with Crippen molar-refractivity contribution in [1.82, 2.24) is 6.15 Å². The number of aliphatic hydroxyl groups excluding tert-OH is 3. The van der Waals surface area contributed by atoms with Gasteiger partial charge in [-0.2, -0.15) is 0 Å². The van der Waals surface area contributed by atoms with E-state index in [2.05, 4.69) is 0 Å². The Morgan fingerprint density at radius 2 is 1.26 bits per heavy atom. The monoisotopic (exact) mass is 355 g/mol. The molecule has 7 N–H and O–H groups in total. The first-order valence-electron chi connectivity index (χ1n) is 7.04. The largest absolute Gasteiger partial charge is 0.744 e. The van der Waals surface area contributed by atoms with E-state index in [4.69, 9.17) is 15.3 Å². The van der Waals surface area contributed by atoms with Crippen molar-refractivity contribution in [3.63, 3.8) is 0 Å². The second-order valence-electron chi connectivity index (χ2n) is 4.10. The maximum atomic E-state index is 10.8. The molecule has 0 aromatic heterocycles. The van der Waals surface area contributed by atoms with Gasteiger partial charge >= 0.3 is 0 Å². The fraction of sp³-hybridized carbons (Fsp3) is 0.600. The van der Waals surface area contributed by atoms with E-state index in [-0.39, 0.29) is 36.8 Å². The number of quaternary nitrogens is 1. The summed E-state index contributed by atoms with van der Waals surface area (Å²) in [6.07, 6.45) is 0. The third-order valence-corrected chi connectivity index (χ3v) is 2.72. The van der Waals surface area contributed by atoms with E-state index < -0.39 is 10.1 Å². The summed E-state index contributed by atoms with van der Waals surface area (Å²) in [5.74, 6) is 0.0416. The van der Waals surface area contributed by atoms with E-state index in [9.17, 15) is 13.0 Å². The van der Waals surface area contributed by atoms with Crippen molar-refractivity contribution in [2.24, 2.45) is 0 Å². The predicted octanol–water partition coefficient (Wildman–Crippen LogP) is 2.09. The Balaban J connectivity index is -0.000000152. The topological polar surface area (TPSA) is 154 Å². The minimum atomic E-state index is -4.33. The highest BCUT2D eigenvalue weighted by Gasteiger charge is 2.09. The number of hydrogen-bond donors (Lipinski definition) is 4. The van der Waals surface area contributed by atoms with Crippen molar-refractivity contribution in [3.8, 4) is 0 Å². The molecule has 1 aromatic rings. The summed E-state index contributed by atoms with van der Waals surface area (Å²) in [7, 11) is -4.33. The molecule has 0 heterocycles. The Morgan fingerprint density at radius 3 is 1.48 bits per heavy atom. The molecule has 0 saturated heterocycles. The van der Waals surface area contributed by atoms with Gasteiger partial charge in [-0.1, -0.05) is 32.0 Å². The SMILES string of the molecule is CC(C)c1ccccc1S(=O)(=O)[O-].CCO.CCO.CCO.[NH4+]. The van der Waals surface area contributed by atoms with Gasteiger partial charge in [-0.3, -0.25) is 0 Å². The summed E-state index contributed by atoms with van der Waals surface area (Å²) < 4.78 is 32.4. The van der Waals surface area contributed by atoms with E-state index in [1.807, 2.05) is 13.8 Å². The van der Waals surface area contributed by atoms with Crippen LogP contribution in [0, 0.1) is 0 Å². The first-order valence-corrected chi connectivity index (χ1v) is 8.45. The molecular formula is C15H33NO6S. The molecule has 23 heavy (non-hydrogen) atoms. The number of rotatable bonds is 2. The number of hydrogen-bond acceptors (Lipinski definition) is 6. The standard InChI is InChI=1S/C9H12O3S.3C2H6O.H3N/c1-7(2)8-5-3-4-6-9(8)13(10,11)12;3*1-2-3;/h3-7H,1-2H3,(H,10,11,12);3*3H,2H2,1H3;1H3. The zero-order valence-electron chi connectivity index (χ0n) is 15.0. The smallest absolute Gasteiger partial charge is 0.124 e. The summed E-state index contributed by atoms with van der Waals surface area (Å²) in [6, 6.07) is 6.29. The van der Waals surface area contributed by atoms with Crippen LogP contribution in [0.4, 0.5) is 0 Å². The first-order chi connectivity index (χ1) is 10.2. The molecule has 0 unspecified atom stereocenters. The third-order valence-electron chi connectivity index (χ3n) is 1.81. The highest BCUT2D eigenvalue weighted by atomic mass is 32.2. The zero-order valence-corrected chi connectivity index (χ0v) is 15.8. The van der Waals surface area contributed by atoms with Gasteiger partial charge in [-0.25, -0.2) is 8.42 Å². The van der Waals surface area contributed by atoms with Gasteiger partial charge in [0.1, 0.15) is 10.1 Å². The zero-order chi connectivity index (χ0) is 18.2. The van der Waals surface area contributed by atoms with Crippen LogP contribution in [0.15, 0.2) is 29.2 Å². The molecule has 0 saturated carbocycles. The minimum Gasteiger partial charge on any atom is -0.744 e. The normalized spacial score (nSPS) is 9.13. The van der Waals surface area contributed by atoms with Crippen LogP contribution in [0.25, 0.3) is 0 Å². The lowest BCUT2D eigenvalue weighted by Crippen LogP contribution is -2.04. The van der Waals surface area contributed by atoms with Crippen LogP contribution >= 0.6 is 0 Å². The van der Waals surface area contributed by atoms with Crippen molar-refractivity contribution in [3.05, 3.63) is 29.8 Å². The van der Waals surface area contributed by atoms with Gasteiger partial charge < -0.3 is 26.0 Å². The van der Waals surface area contributed by atoms with Crippen molar-refractivity contribution in [1.29, 1.82) is 0 Å². The molecule has 0 fully saturated rings. The lowest BCUT2D eigenvalue weighted by Gasteiger charge is -2.14. The van der Waals surface area contributed by atoms with Crippen LogP contribution in [-0.2, 0) is 10.1 Å². The van der Waals surface area contributed by atoms with Crippen molar-refractivity contribution >= 4 is 10.1 Å². The average Bonchev–Trinajstić information content (AvgIpc) is 2.40. The lowest BCUT2D eigenvalue weighted by atomic mass is 10.0. The Kier molecular flexibility index (Phi) is 24.7. The van der Waals surface area contributed by atoms with Crippen LogP contribution in [-0.4, -0.2) is 48.1 Å². The molecule has 0 atom stereocenters. The Hall–Kier alpha value is -1.03. The lowest BCUT2D eigenvalue weighted by molar-refractivity contribution is 0.318. The fourth-order valence-electron chi connectivity index (χ4n) is 1.19. The second-order valence-corrected chi connectivity index (χ2v) is 5.44. The summed E-state index contributed by atoms with van der Waals surface area (Å²) >= 11 is 0. The number of benzene rings is 1. The molecule has 0 spiro atoms. The van der Waals surface area contributed by atoms with Gasteiger partial charge in [0.25, 0.3) is 0 Å². The summed E-state index contributed by atoms with van der Waals surface area (Å²) in [5, 5.41) is 22.7. The van der Waals surface area contributed by atoms with Gasteiger partial charge in [0.05, 0.1) is 4.90 Å². The third kappa shape index (κ3) is 18.9. The first kappa shape index (κ1) is 29.9. The van der Waals surface area contributed by atoms with Gasteiger partial charge in [0.2, 0.25) is 0 Å². The molecule has 140 valence electrons. The van der Waals surface area contributed by atoms with Gasteiger partial charge in [0.15, 0.2) is 0 Å². The molecule has 0 bridgehead atoms. The van der Waals surface area contributed by atoms with E-state index in [1.165, 1.54) is 6.07 Å². The quantitative estimate of drug-likeness (QED) is 0.595. The Morgan fingerprint density at radius 1 is 0.957 bits per heavy atom. The van der Waals surface area contributed by atoms with Crippen LogP contribution < -0.4 is 6.15 Å². The summed E-state index contributed by atoms with van der Waals surface area (Å²) in [5.41, 5.74) is 0.581. The highest BCUT2D eigenvalue weighted by Crippen LogP contribution is 2.22. The van der Waals surface area contributed by atoms with Gasteiger partial charge in [-0.05, 0) is 38.3 Å².